The van der Waals surface area contributed by atoms with E-state index in [-0.39, 0.29) is 23.8 Å². The standard InChI is InChI=1S/C23H44N4O3.C11H16O/c1-6-8-16-26(17-10-9-15-24(4)5)23(30)19-25(7-2)20(3)14-18-27-21(28)12-11-13-22(27)29;1-3-11-8-7-10(2)6-4-5-9-12-11/h20H,6-19H2,1-5H3;4,6-8H,3,5,9H2,1-2H3/b;6-4+,10-7-,11-8+/t20-;/m1./s1. The molecular weight excluding hydrogens is 528 g/mol. The summed E-state index contributed by atoms with van der Waals surface area (Å²) in [5.41, 5.74) is 1.28. The highest BCUT2D eigenvalue weighted by Crippen LogP contribution is 2.15. The topological polar surface area (TPSA) is 73.4 Å². The Kier molecular flexibility index (Phi) is 19.8. The molecule has 1 fully saturated rings. The zero-order valence-corrected chi connectivity index (χ0v) is 27.8. The van der Waals surface area contributed by atoms with Crippen molar-refractivity contribution in [1.82, 2.24) is 19.6 Å². The van der Waals surface area contributed by atoms with Crippen LogP contribution < -0.4 is 0 Å². The van der Waals surface area contributed by atoms with Crippen molar-refractivity contribution >= 4 is 17.7 Å². The summed E-state index contributed by atoms with van der Waals surface area (Å²) in [5, 5.41) is 0. The Morgan fingerprint density at radius 1 is 1.00 bits per heavy atom. The minimum Gasteiger partial charge on any atom is -0.498 e. The summed E-state index contributed by atoms with van der Waals surface area (Å²) in [6, 6.07) is 0.142. The molecule has 1 saturated heterocycles. The second-order valence-electron chi connectivity index (χ2n) is 11.7. The molecule has 42 heavy (non-hydrogen) atoms. The summed E-state index contributed by atoms with van der Waals surface area (Å²) in [5.74, 6) is 1.16. The number of rotatable bonds is 16. The Morgan fingerprint density at radius 2 is 1.67 bits per heavy atom. The summed E-state index contributed by atoms with van der Waals surface area (Å²) in [6.07, 6.45) is 17.0. The van der Waals surface area contributed by atoms with Crippen LogP contribution in [-0.2, 0) is 19.1 Å². The van der Waals surface area contributed by atoms with E-state index in [0.717, 1.165) is 77.1 Å². The van der Waals surface area contributed by atoms with Gasteiger partial charge in [-0.15, -0.1) is 0 Å². The summed E-state index contributed by atoms with van der Waals surface area (Å²) < 4.78 is 5.53. The van der Waals surface area contributed by atoms with E-state index in [1.54, 1.807) is 0 Å². The average molecular weight is 589 g/mol. The van der Waals surface area contributed by atoms with Crippen LogP contribution in [0.5, 0.6) is 0 Å². The molecule has 0 aromatic rings. The molecule has 0 unspecified atom stereocenters. The molecule has 1 atom stereocenters. The summed E-state index contributed by atoms with van der Waals surface area (Å²) in [6.45, 7) is 15.6. The minimum absolute atomic E-state index is 0.0546. The highest BCUT2D eigenvalue weighted by molar-refractivity contribution is 5.97. The number of ether oxygens (including phenoxy) is 1. The van der Waals surface area contributed by atoms with E-state index < -0.39 is 0 Å². The number of allylic oxidation sites excluding steroid dienone is 5. The van der Waals surface area contributed by atoms with Crippen molar-refractivity contribution in [2.45, 2.75) is 105 Å². The summed E-state index contributed by atoms with van der Waals surface area (Å²) in [4.78, 5) is 44.8. The second-order valence-corrected chi connectivity index (χ2v) is 11.7. The quantitative estimate of drug-likeness (QED) is 0.168. The maximum absolute atomic E-state index is 13.0. The highest BCUT2D eigenvalue weighted by Gasteiger charge is 2.27. The predicted octanol–water partition coefficient (Wildman–Crippen LogP) is 5.80. The van der Waals surface area contributed by atoms with E-state index in [9.17, 15) is 14.4 Å². The van der Waals surface area contributed by atoms with E-state index in [1.807, 2.05) is 4.90 Å². The third-order valence-electron chi connectivity index (χ3n) is 7.77. The zero-order valence-electron chi connectivity index (χ0n) is 27.8. The fourth-order valence-corrected chi connectivity index (χ4v) is 4.92. The van der Waals surface area contributed by atoms with Crippen LogP contribution in [0.1, 0.15) is 98.8 Å². The van der Waals surface area contributed by atoms with E-state index in [2.05, 4.69) is 82.8 Å². The van der Waals surface area contributed by atoms with E-state index >= 15 is 0 Å². The summed E-state index contributed by atoms with van der Waals surface area (Å²) >= 11 is 0. The lowest BCUT2D eigenvalue weighted by Gasteiger charge is -2.32. The molecular formula is C34H60N4O4. The Hall–Kier alpha value is -2.45. The van der Waals surface area contributed by atoms with Crippen LogP contribution >= 0.6 is 0 Å². The summed E-state index contributed by atoms with van der Waals surface area (Å²) in [7, 11) is 4.15. The van der Waals surface area contributed by atoms with Crippen molar-refractivity contribution in [1.29, 1.82) is 0 Å². The monoisotopic (exact) mass is 588 g/mol. The zero-order chi connectivity index (χ0) is 31.3. The SMILES string of the molecule is CCCCN(CCCCN(C)C)C(=O)CN(CC)[C@H](C)CCN1C(=O)CCCC1=O.CC\C1=C/C=C(C)\C=C\CCO1. The van der Waals surface area contributed by atoms with Gasteiger partial charge in [0.25, 0.3) is 0 Å². The Morgan fingerprint density at radius 3 is 2.29 bits per heavy atom. The molecule has 3 amide bonds. The Balaban J connectivity index is 0.000000609. The highest BCUT2D eigenvalue weighted by atomic mass is 16.5. The third kappa shape index (κ3) is 15.7. The first kappa shape index (κ1) is 37.6. The minimum atomic E-state index is -0.0546. The number of likely N-dealkylation sites (N-methyl/N-ethyl adjacent to an activating group) is 1. The van der Waals surface area contributed by atoms with Gasteiger partial charge >= 0.3 is 0 Å². The van der Waals surface area contributed by atoms with Gasteiger partial charge < -0.3 is 14.5 Å². The number of unbranched alkanes of at least 4 members (excludes halogenated alkanes) is 2. The number of piperidine rings is 1. The number of carbonyl (C=O) groups is 3. The molecule has 2 rings (SSSR count). The van der Waals surface area contributed by atoms with Gasteiger partial charge in [-0.1, -0.05) is 51.0 Å². The molecule has 0 N–H and O–H groups in total. The van der Waals surface area contributed by atoms with Crippen LogP contribution in [0.25, 0.3) is 0 Å². The lowest BCUT2D eigenvalue weighted by atomic mass is 10.1. The lowest BCUT2D eigenvalue weighted by Crippen LogP contribution is -2.46. The molecule has 0 aromatic carbocycles. The van der Waals surface area contributed by atoms with Gasteiger partial charge in [-0.3, -0.25) is 24.2 Å². The number of hydrogen-bond donors (Lipinski definition) is 0. The molecule has 0 spiro atoms. The van der Waals surface area contributed by atoms with Gasteiger partial charge in [0.1, 0.15) is 0 Å². The molecule has 0 radical (unpaired) electrons. The number of amides is 3. The fourth-order valence-electron chi connectivity index (χ4n) is 4.92. The smallest absolute Gasteiger partial charge is 0.236 e. The Bertz CT molecular complexity index is 880. The first-order valence-corrected chi connectivity index (χ1v) is 16.3. The average Bonchev–Trinajstić information content (AvgIpc) is 3.06. The van der Waals surface area contributed by atoms with Crippen LogP contribution in [-0.4, -0.2) is 103 Å². The predicted molar refractivity (Wildman–Crippen MR) is 173 cm³/mol. The maximum Gasteiger partial charge on any atom is 0.236 e. The maximum atomic E-state index is 13.0. The molecule has 2 heterocycles. The molecule has 0 aliphatic carbocycles. The van der Waals surface area contributed by atoms with Crippen LogP contribution in [0.2, 0.25) is 0 Å². The number of nitrogens with zero attached hydrogens (tertiary/aromatic N) is 4. The normalized spacial score (nSPS) is 19.8. The van der Waals surface area contributed by atoms with Gasteiger partial charge in [0.15, 0.2) is 0 Å². The number of likely N-dealkylation sites (tertiary alicyclic amines) is 1. The van der Waals surface area contributed by atoms with Gasteiger partial charge in [-0.25, -0.2) is 0 Å². The Labute approximate surface area is 256 Å². The molecule has 2 aliphatic heterocycles. The molecule has 240 valence electrons. The van der Waals surface area contributed by atoms with Crippen LogP contribution in [0.3, 0.4) is 0 Å². The van der Waals surface area contributed by atoms with E-state index in [0.29, 0.717) is 38.8 Å². The number of hydrogen-bond acceptors (Lipinski definition) is 6. The van der Waals surface area contributed by atoms with Gasteiger partial charge in [0.05, 0.1) is 18.9 Å². The van der Waals surface area contributed by atoms with Gasteiger partial charge in [-0.2, -0.15) is 0 Å². The van der Waals surface area contributed by atoms with E-state index in [1.165, 1.54) is 10.5 Å². The van der Waals surface area contributed by atoms with E-state index in [4.69, 9.17) is 4.74 Å². The third-order valence-corrected chi connectivity index (χ3v) is 7.77. The molecule has 0 aromatic heterocycles. The largest absolute Gasteiger partial charge is 0.498 e. The van der Waals surface area contributed by atoms with Gasteiger partial charge in [-0.05, 0) is 85.6 Å². The second kappa shape index (κ2) is 22.1. The van der Waals surface area contributed by atoms with Crippen LogP contribution in [0.15, 0.2) is 35.6 Å². The molecule has 0 bridgehead atoms. The van der Waals surface area contributed by atoms with Crippen molar-refractivity contribution in [3.8, 4) is 0 Å². The van der Waals surface area contributed by atoms with Crippen molar-refractivity contribution in [3.63, 3.8) is 0 Å². The molecule has 2 aliphatic rings. The fraction of sp³-hybridized carbons (Fsp3) is 0.735. The first-order valence-electron chi connectivity index (χ1n) is 16.3. The molecule has 8 nitrogen and oxygen atoms in total. The van der Waals surface area contributed by atoms with Crippen molar-refractivity contribution in [2.75, 3.05) is 60.0 Å². The lowest BCUT2D eigenvalue weighted by molar-refractivity contribution is -0.148. The van der Waals surface area contributed by atoms with Crippen LogP contribution in [0, 0.1) is 0 Å². The molecule has 8 heteroatoms. The van der Waals surface area contributed by atoms with Gasteiger partial charge in [0.2, 0.25) is 17.7 Å². The van der Waals surface area contributed by atoms with Crippen molar-refractivity contribution < 1.29 is 19.1 Å². The first-order chi connectivity index (χ1) is 20.1. The number of imide groups is 1. The van der Waals surface area contributed by atoms with Gasteiger partial charge in [0, 0.05) is 44.9 Å². The van der Waals surface area contributed by atoms with Crippen molar-refractivity contribution in [2.24, 2.45) is 0 Å². The van der Waals surface area contributed by atoms with Crippen molar-refractivity contribution in [3.05, 3.63) is 35.6 Å². The van der Waals surface area contributed by atoms with Crippen LogP contribution in [0.4, 0.5) is 0 Å². The molecule has 0 saturated carbocycles. The number of carbonyl (C=O) groups excluding carboxylic acids is 3.